The molecule has 1 aromatic carbocycles. The molecule has 3 N–H and O–H groups in total. The van der Waals surface area contributed by atoms with Crippen LogP contribution < -0.4 is 15.4 Å². The van der Waals surface area contributed by atoms with Gasteiger partial charge in [-0.25, -0.2) is 13.1 Å². The Morgan fingerprint density at radius 2 is 2.12 bits per heavy atom. The van der Waals surface area contributed by atoms with Gasteiger partial charge in [0, 0.05) is 29.3 Å². The number of hydrogen-bond acceptors (Lipinski definition) is 5. The van der Waals surface area contributed by atoms with E-state index in [4.69, 9.17) is 5.73 Å². The van der Waals surface area contributed by atoms with Crippen molar-refractivity contribution in [1.82, 2.24) is 4.72 Å². The molecule has 6 nitrogen and oxygen atoms in total. The van der Waals surface area contributed by atoms with Crippen LogP contribution in [0.25, 0.3) is 0 Å². The molecule has 0 bridgehead atoms. The number of nitrogens with zero attached hydrogens (tertiary/aromatic N) is 1. The third-order valence-corrected chi connectivity index (χ3v) is 6.00. The number of carbonyl (C=O) groups excluding carboxylic acids is 1. The lowest BCUT2D eigenvalue weighted by Gasteiger charge is -2.30. The number of nitrogen functional groups attached to an aromatic ring is 1. The molecule has 0 atom stereocenters. The summed E-state index contributed by atoms with van der Waals surface area (Å²) in [4.78, 5) is 16.3. The summed E-state index contributed by atoms with van der Waals surface area (Å²) >= 11 is 1.41. The molecule has 134 valence electrons. The minimum Gasteiger partial charge on any atom is -0.398 e. The summed E-state index contributed by atoms with van der Waals surface area (Å²) in [6, 6.07) is 9.37. The van der Waals surface area contributed by atoms with Gasteiger partial charge in [0.2, 0.25) is 10.0 Å². The largest absolute Gasteiger partial charge is 0.398 e. The van der Waals surface area contributed by atoms with Crippen molar-refractivity contribution in [3.63, 3.8) is 0 Å². The van der Waals surface area contributed by atoms with Crippen LogP contribution >= 0.6 is 11.3 Å². The van der Waals surface area contributed by atoms with Crippen LogP contribution in [-0.2, 0) is 22.9 Å². The van der Waals surface area contributed by atoms with Crippen molar-refractivity contribution in [1.29, 1.82) is 0 Å². The van der Waals surface area contributed by atoms with Crippen LogP contribution in [0.3, 0.4) is 0 Å². The molecule has 25 heavy (non-hydrogen) atoms. The first-order chi connectivity index (χ1) is 11.8. The van der Waals surface area contributed by atoms with Gasteiger partial charge in [0.1, 0.15) is 0 Å². The zero-order valence-corrected chi connectivity index (χ0v) is 15.6. The first-order valence-corrected chi connectivity index (χ1v) is 10.8. The SMILES string of the molecule is CS(=O)(=O)NCCc1ccc(C(=O)N2CCCc3c(N)cccc32)s1. The van der Waals surface area contributed by atoms with E-state index in [1.807, 2.05) is 30.3 Å². The number of thiophene rings is 1. The number of benzene rings is 1. The highest BCUT2D eigenvalue weighted by atomic mass is 32.2. The van der Waals surface area contributed by atoms with Gasteiger partial charge in [-0.3, -0.25) is 4.79 Å². The van der Waals surface area contributed by atoms with Crippen molar-refractivity contribution in [3.05, 3.63) is 45.6 Å². The molecule has 1 aromatic heterocycles. The van der Waals surface area contributed by atoms with E-state index in [1.165, 1.54) is 11.3 Å². The summed E-state index contributed by atoms with van der Waals surface area (Å²) in [5.41, 5.74) is 8.71. The number of fused-ring (bicyclic) bond motifs is 1. The Morgan fingerprint density at radius 1 is 1.32 bits per heavy atom. The number of nitrogens with one attached hydrogen (secondary N) is 1. The van der Waals surface area contributed by atoms with Crippen molar-refractivity contribution < 1.29 is 13.2 Å². The second-order valence-corrected chi connectivity index (χ2v) is 9.09. The molecule has 0 spiro atoms. The van der Waals surface area contributed by atoms with Crippen LogP contribution in [0.15, 0.2) is 30.3 Å². The van der Waals surface area contributed by atoms with Crippen molar-refractivity contribution in [2.45, 2.75) is 19.3 Å². The second-order valence-electron chi connectivity index (χ2n) is 6.09. The molecule has 1 aliphatic heterocycles. The molecule has 0 aliphatic carbocycles. The van der Waals surface area contributed by atoms with Crippen LogP contribution in [0.4, 0.5) is 11.4 Å². The molecule has 2 heterocycles. The maximum atomic E-state index is 12.9. The van der Waals surface area contributed by atoms with Crippen LogP contribution in [0.2, 0.25) is 0 Å². The molecule has 8 heteroatoms. The average Bonchev–Trinajstić information content (AvgIpc) is 3.02. The predicted octanol–water partition coefficient (Wildman–Crippen LogP) is 2.02. The summed E-state index contributed by atoms with van der Waals surface area (Å²) in [6.07, 6.45) is 3.48. The van der Waals surface area contributed by atoms with Gasteiger partial charge >= 0.3 is 0 Å². The number of rotatable bonds is 5. The molecule has 0 radical (unpaired) electrons. The molecule has 1 amide bonds. The molecule has 0 unspecified atom stereocenters. The fourth-order valence-corrected chi connectivity index (χ4v) is 4.41. The Morgan fingerprint density at radius 3 is 2.88 bits per heavy atom. The number of amides is 1. The second kappa shape index (κ2) is 7.15. The summed E-state index contributed by atoms with van der Waals surface area (Å²) < 4.78 is 24.7. The summed E-state index contributed by atoms with van der Waals surface area (Å²) in [5.74, 6) is -0.0288. The standard InChI is InChI=1S/C17H21N3O3S2/c1-25(22,23)19-10-9-12-7-8-16(24-12)17(21)20-11-3-4-13-14(18)5-2-6-15(13)20/h2,5-8,19H,3-4,9-11,18H2,1H3. The number of carbonyl (C=O) groups is 1. The zero-order chi connectivity index (χ0) is 18.0. The Balaban J connectivity index is 1.74. The molecule has 1 aliphatic rings. The highest BCUT2D eigenvalue weighted by molar-refractivity contribution is 7.88. The highest BCUT2D eigenvalue weighted by Gasteiger charge is 2.25. The molecule has 0 saturated heterocycles. The lowest BCUT2D eigenvalue weighted by molar-refractivity contribution is 0.0989. The van der Waals surface area contributed by atoms with Crippen LogP contribution in [-0.4, -0.2) is 33.7 Å². The van der Waals surface area contributed by atoms with Gasteiger partial charge in [-0.2, -0.15) is 0 Å². The quantitative estimate of drug-likeness (QED) is 0.778. The monoisotopic (exact) mass is 379 g/mol. The molecule has 0 saturated carbocycles. The predicted molar refractivity (Wildman–Crippen MR) is 102 cm³/mol. The minimum atomic E-state index is -3.19. The highest BCUT2D eigenvalue weighted by Crippen LogP contribution is 2.33. The van der Waals surface area contributed by atoms with E-state index < -0.39 is 10.0 Å². The number of nitrogens with two attached hydrogens (primary N) is 1. The van der Waals surface area contributed by atoms with Gasteiger partial charge in [0.15, 0.2) is 0 Å². The lowest BCUT2D eigenvalue weighted by Crippen LogP contribution is -2.35. The minimum absolute atomic E-state index is 0.0288. The Bertz CT molecular complexity index is 890. The van der Waals surface area contributed by atoms with Crippen molar-refractivity contribution in [2.75, 3.05) is 30.0 Å². The van der Waals surface area contributed by atoms with Gasteiger partial charge in [0.05, 0.1) is 11.1 Å². The Labute approximate surface area is 151 Å². The van der Waals surface area contributed by atoms with E-state index >= 15 is 0 Å². The summed E-state index contributed by atoms with van der Waals surface area (Å²) in [7, 11) is -3.19. The third kappa shape index (κ3) is 4.20. The fourth-order valence-electron chi connectivity index (χ4n) is 2.98. The van der Waals surface area contributed by atoms with E-state index in [1.54, 1.807) is 4.90 Å². The van der Waals surface area contributed by atoms with E-state index in [9.17, 15) is 13.2 Å². The maximum Gasteiger partial charge on any atom is 0.268 e. The average molecular weight is 380 g/mol. The van der Waals surface area contributed by atoms with Crippen molar-refractivity contribution in [2.24, 2.45) is 0 Å². The number of anilines is 2. The Hall–Kier alpha value is -1.90. The van der Waals surface area contributed by atoms with E-state index in [2.05, 4.69) is 4.72 Å². The van der Waals surface area contributed by atoms with Gasteiger partial charge in [-0.1, -0.05) is 6.07 Å². The number of hydrogen-bond donors (Lipinski definition) is 2. The third-order valence-electron chi connectivity index (χ3n) is 4.14. The molecule has 2 aromatic rings. The zero-order valence-electron chi connectivity index (χ0n) is 14.0. The van der Waals surface area contributed by atoms with Crippen molar-refractivity contribution >= 4 is 38.6 Å². The molecule has 0 fully saturated rings. The number of sulfonamides is 1. The Kier molecular flexibility index (Phi) is 5.12. The van der Waals surface area contributed by atoms with Gasteiger partial charge in [0.25, 0.3) is 5.91 Å². The van der Waals surface area contributed by atoms with Gasteiger partial charge in [-0.05, 0) is 49.1 Å². The van der Waals surface area contributed by atoms with E-state index in [0.29, 0.717) is 24.4 Å². The summed E-state index contributed by atoms with van der Waals surface area (Å²) in [6.45, 7) is 1.01. The van der Waals surface area contributed by atoms with Crippen LogP contribution in [0, 0.1) is 0 Å². The fraction of sp³-hybridized carbons (Fsp3) is 0.353. The van der Waals surface area contributed by atoms with Gasteiger partial charge < -0.3 is 10.6 Å². The molecular weight excluding hydrogens is 358 g/mol. The maximum absolute atomic E-state index is 12.9. The molecular formula is C17H21N3O3S2. The topological polar surface area (TPSA) is 92.5 Å². The first kappa shape index (κ1) is 17.9. The van der Waals surface area contributed by atoms with E-state index in [0.717, 1.165) is 40.9 Å². The molecule has 3 rings (SSSR count). The normalized spacial score (nSPS) is 14.4. The summed E-state index contributed by atoms with van der Waals surface area (Å²) in [5, 5.41) is 0. The van der Waals surface area contributed by atoms with Gasteiger partial charge in [-0.15, -0.1) is 11.3 Å². The first-order valence-electron chi connectivity index (χ1n) is 8.08. The van der Waals surface area contributed by atoms with E-state index in [-0.39, 0.29) is 5.91 Å². The lowest BCUT2D eigenvalue weighted by atomic mass is 10.00. The smallest absolute Gasteiger partial charge is 0.268 e. The van der Waals surface area contributed by atoms with Crippen LogP contribution in [0.5, 0.6) is 0 Å². The van der Waals surface area contributed by atoms with Crippen molar-refractivity contribution in [3.8, 4) is 0 Å². The van der Waals surface area contributed by atoms with Crippen LogP contribution in [0.1, 0.15) is 26.5 Å².